The highest BCUT2D eigenvalue weighted by Gasteiger charge is 2.40. The van der Waals surface area contributed by atoms with Crippen molar-refractivity contribution in [2.24, 2.45) is 11.8 Å². The Hall–Kier alpha value is -2.15. The summed E-state index contributed by atoms with van der Waals surface area (Å²) >= 11 is 0. The topological polar surface area (TPSA) is 67.2 Å². The van der Waals surface area contributed by atoms with Gasteiger partial charge in [0.15, 0.2) is 5.78 Å². The fourth-order valence-electron chi connectivity index (χ4n) is 3.41. The summed E-state index contributed by atoms with van der Waals surface area (Å²) in [5, 5.41) is 9.55. The molecule has 1 aromatic carbocycles. The predicted molar refractivity (Wildman–Crippen MR) is 86.6 cm³/mol. The largest absolute Gasteiger partial charge is 0.466 e. The molecule has 1 aliphatic carbocycles. The van der Waals surface area contributed by atoms with E-state index in [-0.39, 0.29) is 11.8 Å². The molecule has 0 aliphatic heterocycles. The zero-order chi connectivity index (χ0) is 16.8. The number of nitriles is 1. The van der Waals surface area contributed by atoms with E-state index >= 15 is 0 Å². The molecule has 23 heavy (non-hydrogen) atoms. The number of Topliss-reactive ketones (excluding diaryl/α,β-unsaturated/α-hetero) is 1. The monoisotopic (exact) mass is 313 g/mol. The summed E-state index contributed by atoms with van der Waals surface area (Å²) in [7, 11) is 0. The van der Waals surface area contributed by atoms with Gasteiger partial charge in [-0.3, -0.25) is 9.59 Å². The second-order valence-electron chi connectivity index (χ2n) is 6.07. The summed E-state index contributed by atoms with van der Waals surface area (Å²) in [5.74, 6) is -2.06. The van der Waals surface area contributed by atoms with Crippen molar-refractivity contribution in [1.82, 2.24) is 0 Å². The molecule has 0 aromatic heterocycles. The van der Waals surface area contributed by atoms with Gasteiger partial charge >= 0.3 is 5.97 Å². The van der Waals surface area contributed by atoms with E-state index in [0.717, 1.165) is 24.0 Å². The Morgan fingerprint density at radius 1 is 1.26 bits per heavy atom. The van der Waals surface area contributed by atoms with Crippen LogP contribution in [-0.4, -0.2) is 18.4 Å². The summed E-state index contributed by atoms with van der Waals surface area (Å²) in [4.78, 5) is 25.1. The lowest BCUT2D eigenvalue weighted by atomic mass is 9.73. The smallest absolute Gasteiger partial charge is 0.309 e. The van der Waals surface area contributed by atoms with Gasteiger partial charge in [0.05, 0.1) is 18.6 Å². The van der Waals surface area contributed by atoms with E-state index in [2.05, 4.69) is 6.07 Å². The second-order valence-corrected chi connectivity index (χ2v) is 6.07. The van der Waals surface area contributed by atoms with Crippen molar-refractivity contribution in [3.05, 3.63) is 35.4 Å². The normalized spacial score (nSPS) is 22.0. The lowest BCUT2D eigenvalue weighted by Gasteiger charge is -2.30. The Morgan fingerprint density at radius 2 is 1.91 bits per heavy atom. The Balaban J connectivity index is 2.26. The van der Waals surface area contributed by atoms with Crippen molar-refractivity contribution in [3.8, 4) is 6.07 Å². The Bertz CT molecular complexity index is 617. The number of hydrogen-bond acceptors (Lipinski definition) is 4. The van der Waals surface area contributed by atoms with Gasteiger partial charge in [0, 0.05) is 5.92 Å². The van der Waals surface area contributed by atoms with Crippen LogP contribution in [0.3, 0.4) is 0 Å². The second kappa shape index (κ2) is 7.92. The van der Waals surface area contributed by atoms with Crippen LogP contribution in [0.4, 0.5) is 0 Å². The molecule has 1 aliphatic rings. The Morgan fingerprint density at radius 3 is 2.52 bits per heavy atom. The quantitative estimate of drug-likeness (QED) is 0.780. The highest BCUT2D eigenvalue weighted by atomic mass is 16.5. The lowest BCUT2D eigenvalue weighted by molar-refractivity contribution is -0.154. The summed E-state index contributed by atoms with van der Waals surface area (Å²) in [5.41, 5.74) is 1.67. The van der Waals surface area contributed by atoms with Crippen LogP contribution in [0.25, 0.3) is 0 Å². The summed E-state index contributed by atoms with van der Waals surface area (Å²) in [6.07, 6.45) is 3.17. The number of carbonyl (C=O) groups is 2. The van der Waals surface area contributed by atoms with Gasteiger partial charge in [-0.25, -0.2) is 0 Å². The van der Waals surface area contributed by atoms with Gasteiger partial charge in [-0.05, 0) is 37.8 Å². The molecule has 3 atom stereocenters. The molecular weight excluding hydrogens is 290 g/mol. The van der Waals surface area contributed by atoms with Crippen LogP contribution in [0.1, 0.15) is 49.7 Å². The average molecular weight is 313 g/mol. The molecule has 0 N–H and O–H groups in total. The van der Waals surface area contributed by atoms with E-state index in [0.29, 0.717) is 19.4 Å². The van der Waals surface area contributed by atoms with E-state index in [9.17, 15) is 14.9 Å². The summed E-state index contributed by atoms with van der Waals surface area (Å²) in [6.45, 7) is 3.98. The molecule has 2 rings (SSSR count). The predicted octanol–water partition coefficient (Wildman–Crippen LogP) is 3.54. The summed E-state index contributed by atoms with van der Waals surface area (Å²) in [6, 6.07) is 9.59. The minimum atomic E-state index is -0.809. The molecular formula is C19H23NO3. The minimum Gasteiger partial charge on any atom is -0.466 e. The lowest BCUT2D eigenvalue weighted by Crippen LogP contribution is -2.36. The van der Waals surface area contributed by atoms with Gasteiger partial charge in [-0.15, -0.1) is 0 Å². The van der Waals surface area contributed by atoms with Crippen LogP contribution in [0, 0.1) is 30.1 Å². The number of rotatable bonds is 5. The highest BCUT2D eigenvalue weighted by Crippen LogP contribution is 2.36. The maximum Gasteiger partial charge on any atom is 0.309 e. The summed E-state index contributed by atoms with van der Waals surface area (Å²) < 4.78 is 5.13. The van der Waals surface area contributed by atoms with E-state index in [1.54, 1.807) is 6.92 Å². The Kier molecular flexibility index (Phi) is 5.92. The molecule has 1 aromatic rings. The first-order valence-corrected chi connectivity index (χ1v) is 8.25. The van der Waals surface area contributed by atoms with Gasteiger partial charge in [0.1, 0.15) is 5.92 Å². The number of nitrogens with zero attached hydrogens (tertiary/aromatic N) is 1. The molecule has 0 amide bonds. The third-order valence-corrected chi connectivity index (χ3v) is 4.63. The number of benzene rings is 1. The maximum absolute atomic E-state index is 13.0. The van der Waals surface area contributed by atoms with Crippen LogP contribution in [0.5, 0.6) is 0 Å². The molecule has 0 spiro atoms. The molecule has 0 bridgehead atoms. The standard InChI is InChI=1S/C19H23NO3/c1-3-23-19(22)16-11-7-6-10-15(16)18(21)17(12-20)14-9-5-4-8-13(14)2/h4-5,8-9,15-17H,3,6-7,10-11H2,1-2H3. The number of ether oxygens (including phenoxy) is 1. The van der Waals surface area contributed by atoms with Crippen LogP contribution in [-0.2, 0) is 14.3 Å². The fraction of sp³-hybridized carbons (Fsp3) is 0.526. The van der Waals surface area contributed by atoms with E-state index < -0.39 is 17.8 Å². The van der Waals surface area contributed by atoms with Crippen molar-refractivity contribution >= 4 is 11.8 Å². The molecule has 0 saturated heterocycles. The van der Waals surface area contributed by atoms with Gasteiger partial charge in [-0.1, -0.05) is 37.1 Å². The number of hydrogen-bond donors (Lipinski definition) is 0. The third-order valence-electron chi connectivity index (χ3n) is 4.63. The highest BCUT2D eigenvalue weighted by molar-refractivity contribution is 5.94. The van der Waals surface area contributed by atoms with Crippen molar-refractivity contribution in [2.75, 3.05) is 6.61 Å². The van der Waals surface area contributed by atoms with E-state index in [1.807, 2.05) is 31.2 Å². The van der Waals surface area contributed by atoms with Crippen LogP contribution >= 0.6 is 0 Å². The van der Waals surface area contributed by atoms with Crippen molar-refractivity contribution < 1.29 is 14.3 Å². The fourth-order valence-corrected chi connectivity index (χ4v) is 3.41. The molecule has 1 saturated carbocycles. The van der Waals surface area contributed by atoms with Gasteiger partial charge in [0.2, 0.25) is 0 Å². The van der Waals surface area contributed by atoms with Crippen molar-refractivity contribution in [3.63, 3.8) is 0 Å². The zero-order valence-corrected chi connectivity index (χ0v) is 13.7. The van der Waals surface area contributed by atoms with Crippen LogP contribution in [0.2, 0.25) is 0 Å². The van der Waals surface area contributed by atoms with Gasteiger partial charge in [-0.2, -0.15) is 5.26 Å². The number of esters is 1. The molecule has 4 nitrogen and oxygen atoms in total. The number of aryl methyl sites for hydroxylation is 1. The molecule has 122 valence electrons. The maximum atomic E-state index is 13.0. The number of ketones is 1. The SMILES string of the molecule is CCOC(=O)C1CCCCC1C(=O)C(C#N)c1ccccc1C. The first-order valence-electron chi connectivity index (χ1n) is 8.25. The van der Waals surface area contributed by atoms with Crippen LogP contribution in [0.15, 0.2) is 24.3 Å². The number of carbonyl (C=O) groups excluding carboxylic acids is 2. The first-order chi connectivity index (χ1) is 11.1. The first kappa shape index (κ1) is 17.2. The average Bonchev–Trinajstić information content (AvgIpc) is 2.57. The molecule has 1 fully saturated rings. The molecule has 3 unspecified atom stereocenters. The Labute approximate surface area is 137 Å². The molecule has 0 radical (unpaired) electrons. The van der Waals surface area contributed by atoms with Gasteiger partial charge in [0.25, 0.3) is 0 Å². The molecule has 0 heterocycles. The van der Waals surface area contributed by atoms with Crippen molar-refractivity contribution in [2.45, 2.75) is 45.4 Å². The van der Waals surface area contributed by atoms with Crippen molar-refractivity contribution in [1.29, 1.82) is 5.26 Å². The van der Waals surface area contributed by atoms with Gasteiger partial charge < -0.3 is 4.74 Å². The molecule has 4 heteroatoms. The minimum absolute atomic E-state index is 0.139. The zero-order valence-electron chi connectivity index (χ0n) is 13.7. The van der Waals surface area contributed by atoms with E-state index in [4.69, 9.17) is 4.74 Å². The third kappa shape index (κ3) is 3.79. The van der Waals surface area contributed by atoms with Crippen LogP contribution < -0.4 is 0 Å². The van der Waals surface area contributed by atoms with E-state index in [1.165, 1.54) is 0 Å².